The molecule has 1 aromatic rings. The Morgan fingerprint density at radius 2 is 1.86 bits per heavy atom. The molecule has 3 nitrogen and oxygen atoms in total. The van der Waals surface area contributed by atoms with Gasteiger partial charge in [-0.1, -0.05) is 30.3 Å². The number of sulfone groups is 1. The number of aliphatic hydroxyl groups is 1. The Kier molecular flexibility index (Phi) is 5.44. The highest BCUT2D eigenvalue weighted by molar-refractivity contribution is 7.91. The first-order valence-electron chi connectivity index (χ1n) is 7.84. The standard InChI is InChI=1S/C17H26O3S/c1-13(2)21(19,20)11-10-16-12-15(8-9-17(16)18)14-6-4-3-5-7-14/h3-7,13,15-18H,8-12H2,1-2H3. The van der Waals surface area contributed by atoms with Gasteiger partial charge >= 0.3 is 0 Å². The van der Waals surface area contributed by atoms with Gasteiger partial charge in [-0.3, -0.25) is 0 Å². The lowest BCUT2D eigenvalue weighted by molar-refractivity contribution is 0.0603. The molecule has 3 unspecified atom stereocenters. The maximum atomic E-state index is 11.9. The minimum absolute atomic E-state index is 0.0949. The van der Waals surface area contributed by atoms with Gasteiger partial charge in [0.05, 0.1) is 17.1 Å². The normalized spacial score (nSPS) is 27.0. The Hall–Kier alpha value is -0.870. The summed E-state index contributed by atoms with van der Waals surface area (Å²) in [6, 6.07) is 10.3. The number of benzene rings is 1. The third-order valence-electron chi connectivity index (χ3n) is 4.70. The average Bonchev–Trinajstić information content (AvgIpc) is 2.47. The van der Waals surface area contributed by atoms with Gasteiger partial charge in [-0.2, -0.15) is 0 Å². The molecule has 1 aromatic carbocycles. The molecule has 0 saturated heterocycles. The Balaban J connectivity index is 1.99. The summed E-state index contributed by atoms with van der Waals surface area (Å²) in [5.41, 5.74) is 1.31. The molecule has 0 aliphatic heterocycles. The smallest absolute Gasteiger partial charge is 0.152 e. The van der Waals surface area contributed by atoms with E-state index in [4.69, 9.17) is 0 Å². The van der Waals surface area contributed by atoms with Crippen molar-refractivity contribution in [2.45, 2.75) is 56.8 Å². The summed E-state index contributed by atoms with van der Waals surface area (Å²) in [6.45, 7) is 3.44. The molecule has 1 saturated carbocycles. The van der Waals surface area contributed by atoms with Crippen LogP contribution in [0.5, 0.6) is 0 Å². The molecular weight excluding hydrogens is 284 g/mol. The molecule has 1 N–H and O–H groups in total. The van der Waals surface area contributed by atoms with Crippen molar-refractivity contribution in [2.24, 2.45) is 5.92 Å². The van der Waals surface area contributed by atoms with Crippen molar-refractivity contribution in [3.8, 4) is 0 Å². The van der Waals surface area contributed by atoms with Crippen LogP contribution in [0.25, 0.3) is 0 Å². The first kappa shape index (κ1) is 16.5. The van der Waals surface area contributed by atoms with Crippen LogP contribution >= 0.6 is 0 Å². The molecule has 0 amide bonds. The highest BCUT2D eigenvalue weighted by atomic mass is 32.2. The van der Waals surface area contributed by atoms with E-state index < -0.39 is 9.84 Å². The molecule has 0 aromatic heterocycles. The van der Waals surface area contributed by atoms with Crippen molar-refractivity contribution in [3.05, 3.63) is 35.9 Å². The molecular formula is C17H26O3S. The number of hydrogen-bond acceptors (Lipinski definition) is 3. The van der Waals surface area contributed by atoms with Gasteiger partial charge in [0.25, 0.3) is 0 Å². The Morgan fingerprint density at radius 3 is 2.48 bits per heavy atom. The molecule has 0 heterocycles. The van der Waals surface area contributed by atoms with Crippen LogP contribution in [0.15, 0.2) is 30.3 Å². The lowest BCUT2D eigenvalue weighted by Gasteiger charge is -2.33. The van der Waals surface area contributed by atoms with Crippen LogP contribution in [0.3, 0.4) is 0 Å². The number of hydrogen-bond donors (Lipinski definition) is 1. The van der Waals surface area contributed by atoms with Gasteiger partial charge < -0.3 is 5.11 Å². The zero-order valence-electron chi connectivity index (χ0n) is 12.9. The molecule has 1 aliphatic rings. The molecule has 0 radical (unpaired) electrons. The van der Waals surface area contributed by atoms with E-state index in [1.54, 1.807) is 13.8 Å². The predicted octanol–water partition coefficient (Wildman–Crippen LogP) is 3.14. The third-order valence-corrected chi connectivity index (χ3v) is 6.95. The fourth-order valence-electron chi connectivity index (χ4n) is 3.14. The van der Waals surface area contributed by atoms with Crippen molar-refractivity contribution in [1.29, 1.82) is 0 Å². The topological polar surface area (TPSA) is 54.4 Å². The van der Waals surface area contributed by atoms with Gasteiger partial charge in [-0.15, -0.1) is 0 Å². The maximum Gasteiger partial charge on any atom is 0.152 e. The van der Waals surface area contributed by atoms with Gasteiger partial charge in [0, 0.05) is 0 Å². The van der Waals surface area contributed by atoms with Gasteiger partial charge in [0.2, 0.25) is 0 Å². The van der Waals surface area contributed by atoms with Crippen LogP contribution in [0.2, 0.25) is 0 Å². The molecule has 0 spiro atoms. The quantitative estimate of drug-likeness (QED) is 0.909. The van der Waals surface area contributed by atoms with Crippen LogP contribution in [0.4, 0.5) is 0 Å². The van der Waals surface area contributed by atoms with Gasteiger partial charge in [0.1, 0.15) is 0 Å². The lowest BCUT2D eigenvalue weighted by Crippen LogP contribution is -2.31. The fraction of sp³-hybridized carbons (Fsp3) is 0.647. The van der Waals surface area contributed by atoms with Crippen LogP contribution in [0.1, 0.15) is 51.0 Å². The second-order valence-electron chi connectivity index (χ2n) is 6.45. The van der Waals surface area contributed by atoms with Crippen molar-refractivity contribution in [2.75, 3.05) is 5.75 Å². The monoisotopic (exact) mass is 310 g/mol. The summed E-state index contributed by atoms with van der Waals surface area (Å²) < 4.78 is 23.9. The van der Waals surface area contributed by atoms with E-state index in [-0.39, 0.29) is 23.0 Å². The maximum absolute atomic E-state index is 11.9. The summed E-state index contributed by atoms with van der Waals surface area (Å²) >= 11 is 0. The van der Waals surface area contributed by atoms with E-state index in [1.165, 1.54) is 5.56 Å². The largest absolute Gasteiger partial charge is 0.393 e. The highest BCUT2D eigenvalue weighted by Gasteiger charge is 2.31. The summed E-state index contributed by atoms with van der Waals surface area (Å²) in [5, 5.41) is 9.84. The lowest BCUT2D eigenvalue weighted by atomic mass is 9.75. The van der Waals surface area contributed by atoms with Crippen molar-refractivity contribution >= 4 is 9.84 Å². The van der Waals surface area contributed by atoms with Crippen LogP contribution in [-0.2, 0) is 9.84 Å². The second kappa shape index (κ2) is 6.93. The molecule has 1 aliphatic carbocycles. The van der Waals surface area contributed by atoms with Crippen molar-refractivity contribution in [1.82, 2.24) is 0 Å². The van der Waals surface area contributed by atoms with E-state index in [0.29, 0.717) is 12.3 Å². The summed E-state index contributed by atoms with van der Waals surface area (Å²) in [6.07, 6.45) is 2.86. The Labute approximate surface area is 128 Å². The van der Waals surface area contributed by atoms with E-state index >= 15 is 0 Å². The molecule has 2 rings (SSSR count). The van der Waals surface area contributed by atoms with Crippen LogP contribution in [-0.4, -0.2) is 30.6 Å². The van der Waals surface area contributed by atoms with Crippen molar-refractivity contribution < 1.29 is 13.5 Å². The molecule has 3 atom stereocenters. The number of aliphatic hydroxyl groups excluding tert-OH is 1. The average molecular weight is 310 g/mol. The molecule has 1 fully saturated rings. The Morgan fingerprint density at radius 1 is 1.19 bits per heavy atom. The second-order valence-corrected chi connectivity index (χ2v) is 9.13. The van der Waals surface area contributed by atoms with E-state index in [1.807, 2.05) is 18.2 Å². The van der Waals surface area contributed by atoms with E-state index in [2.05, 4.69) is 12.1 Å². The van der Waals surface area contributed by atoms with E-state index in [9.17, 15) is 13.5 Å². The van der Waals surface area contributed by atoms with Crippen LogP contribution in [0, 0.1) is 5.92 Å². The summed E-state index contributed by atoms with van der Waals surface area (Å²) in [5.74, 6) is 0.729. The minimum atomic E-state index is -3.01. The van der Waals surface area contributed by atoms with Gasteiger partial charge in [0.15, 0.2) is 9.84 Å². The van der Waals surface area contributed by atoms with E-state index in [0.717, 1.165) is 19.3 Å². The van der Waals surface area contributed by atoms with Crippen LogP contribution < -0.4 is 0 Å². The summed E-state index contributed by atoms with van der Waals surface area (Å²) in [7, 11) is -3.01. The van der Waals surface area contributed by atoms with Gasteiger partial charge in [-0.05, 0) is 56.9 Å². The summed E-state index contributed by atoms with van der Waals surface area (Å²) in [4.78, 5) is 0. The first-order valence-corrected chi connectivity index (χ1v) is 9.56. The predicted molar refractivity (Wildman–Crippen MR) is 86.1 cm³/mol. The molecule has 4 heteroatoms. The highest BCUT2D eigenvalue weighted by Crippen LogP contribution is 2.38. The first-order chi connectivity index (χ1) is 9.90. The third kappa shape index (κ3) is 4.30. The number of rotatable bonds is 5. The SMILES string of the molecule is CC(C)S(=O)(=O)CCC1CC(c2ccccc2)CCC1O. The molecule has 118 valence electrons. The fourth-order valence-corrected chi connectivity index (χ4v) is 4.24. The molecule has 21 heavy (non-hydrogen) atoms. The zero-order chi connectivity index (χ0) is 15.5. The van der Waals surface area contributed by atoms with Crippen molar-refractivity contribution in [3.63, 3.8) is 0 Å². The Bertz CT molecular complexity index is 536. The van der Waals surface area contributed by atoms with Gasteiger partial charge in [-0.25, -0.2) is 8.42 Å². The minimum Gasteiger partial charge on any atom is -0.393 e. The molecule has 0 bridgehead atoms. The zero-order valence-corrected chi connectivity index (χ0v) is 13.7.